The van der Waals surface area contributed by atoms with Crippen LogP contribution >= 0.6 is 7.82 Å². The summed E-state index contributed by atoms with van der Waals surface area (Å²) in [5, 5.41) is 0. The second-order valence-corrected chi connectivity index (χ2v) is 31.0. The Morgan fingerprint density at radius 3 is 0.813 bits per heavy atom. The standard InChI is InChI=1S/C81H160NO8P/c1-6-8-10-12-14-16-18-20-22-24-26-28-30-32-34-36-38-40-41-42-44-46-48-50-52-54-56-58-60-62-64-66-68-70-72-74-81(84)90-79(78-89-91(85,86)88-76-75-82(3,4)5)77-87-80(83)73-71-69-67-65-63-61-59-57-55-53-51-49-47-45-43-39-37-35-33-31-29-27-25-23-21-19-17-15-13-11-9-7-2/h24,26,79H,6-23,25,27-78H2,1-5H3/p+1/b26-24-. The van der Waals surface area contributed by atoms with Crippen LogP contribution in [0.15, 0.2) is 12.2 Å². The van der Waals surface area contributed by atoms with Gasteiger partial charge in [-0.3, -0.25) is 18.6 Å². The highest BCUT2D eigenvalue weighted by molar-refractivity contribution is 7.47. The molecule has 0 rings (SSSR count). The summed E-state index contributed by atoms with van der Waals surface area (Å²) in [6, 6.07) is 0. The lowest BCUT2D eigenvalue weighted by Gasteiger charge is -2.24. The van der Waals surface area contributed by atoms with E-state index in [1.54, 1.807) is 0 Å². The number of phosphoric ester groups is 1. The Labute approximate surface area is 568 Å². The van der Waals surface area contributed by atoms with Gasteiger partial charge in [-0.1, -0.05) is 405 Å². The predicted octanol–water partition coefficient (Wildman–Crippen LogP) is 27.0. The van der Waals surface area contributed by atoms with Crippen molar-refractivity contribution >= 4 is 19.8 Å². The topological polar surface area (TPSA) is 108 Å². The lowest BCUT2D eigenvalue weighted by atomic mass is 10.0. The first kappa shape index (κ1) is 89.8. The second-order valence-electron chi connectivity index (χ2n) is 29.5. The summed E-state index contributed by atoms with van der Waals surface area (Å²) < 4.78 is 34.9. The Morgan fingerprint density at radius 1 is 0.330 bits per heavy atom. The highest BCUT2D eigenvalue weighted by Gasteiger charge is 2.27. The molecule has 0 spiro atoms. The third kappa shape index (κ3) is 77.6. The fourth-order valence-corrected chi connectivity index (χ4v) is 13.5. The molecule has 0 radical (unpaired) electrons. The van der Waals surface area contributed by atoms with E-state index < -0.39 is 26.5 Å². The van der Waals surface area contributed by atoms with Gasteiger partial charge >= 0.3 is 19.8 Å². The van der Waals surface area contributed by atoms with E-state index in [-0.39, 0.29) is 25.6 Å². The number of hydrogen-bond donors (Lipinski definition) is 1. The maximum Gasteiger partial charge on any atom is 0.472 e. The summed E-state index contributed by atoms with van der Waals surface area (Å²) in [6.45, 7) is 4.54. The van der Waals surface area contributed by atoms with Crippen molar-refractivity contribution in [3.05, 3.63) is 12.2 Å². The van der Waals surface area contributed by atoms with Gasteiger partial charge in [-0.25, -0.2) is 4.57 Å². The fraction of sp³-hybridized carbons (Fsp3) is 0.951. The molecule has 0 saturated heterocycles. The number of allylic oxidation sites excluding steroid dienone is 2. The molecule has 0 aromatic carbocycles. The zero-order valence-corrected chi connectivity index (χ0v) is 63.0. The molecule has 0 aliphatic heterocycles. The molecule has 2 atom stereocenters. The Kier molecular flexibility index (Phi) is 72.0. The van der Waals surface area contributed by atoms with Crippen molar-refractivity contribution in [3.63, 3.8) is 0 Å². The summed E-state index contributed by atoms with van der Waals surface area (Å²) in [5.41, 5.74) is 0. The molecule has 0 amide bonds. The normalized spacial score (nSPS) is 13.0. The van der Waals surface area contributed by atoms with Crippen molar-refractivity contribution in [2.24, 2.45) is 0 Å². The zero-order valence-electron chi connectivity index (χ0n) is 62.1. The van der Waals surface area contributed by atoms with Crippen molar-refractivity contribution in [1.29, 1.82) is 0 Å². The molecule has 0 aromatic rings. The number of hydrogen-bond acceptors (Lipinski definition) is 7. The van der Waals surface area contributed by atoms with Gasteiger partial charge in [-0.2, -0.15) is 0 Å². The van der Waals surface area contributed by atoms with E-state index in [1.807, 2.05) is 21.1 Å². The van der Waals surface area contributed by atoms with Gasteiger partial charge < -0.3 is 18.9 Å². The van der Waals surface area contributed by atoms with Gasteiger partial charge in [-0.15, -0.1) is 0 Å². The van der Waals surface area contributed by atoms with E-state index in [9.17, 15) is 19.0 Å². The zero-order chi connectivity index (χ0) is 66.2. The Bertz CT molecular complexity index is 1540. The fourth-order valence-electron chi connectivity index (χ4n) is 12.8. The first-order valence-corrected chi connectivity index (χ1v) is 42.4. The first-order valence-electron chi connectivity index (χ1n) is 40.9. The van der Waals surface area contributed by atoms with E-state index in [1.165, 1.54) is 379 Å². The summed E-state index contributed by atoms with van der Waals surface area (Å²) in [5.74, 6) is -0.766. The third-order valence-electron chi connectivity index (χ3n) is 19.0. The van der Waals surface area contributed by atoms with Crippen molar-refractivity contribution in [2.45, 2.75) is 450 Å². The molecule has 0 aliphatic carbocycles. The van der Waals surface area contributed by atoms with Gasteiger partial charge in [0.05, 0.1) is 27.7 Å². The average molecular weight is 1310 g/mol. The Morgan fingerprint density at radius 2 is 0.560 bits per heavy atom. The number of carbonyl (C=O) groups excluding carboxylic acids is 2. The number of ether oxygens (including phenoxy) is 2. The molecule has 0 aliphatic rings. The van der Waals surface area contributed by atoms with Gasteiger partial charge in [0.15, 0.2) is 6.10 Å². The maximum absolute atomic E-state index is 12.9. The van der Waals surface area contributed by atoms with Crippen molar-refractivity contribution in [3.8, 4) is 0 Å². The second kappa shape index (κ2) is 73.0. The molecule has 0 heterocycles. The quantitative estimate of drug-likeness (QED) is 0.0211. The molecule has 2 unspecified atom stereocenters. The highest BCUT2D eigenvalue weighted by atomic mass is 31.2. The smallest absolute Gasteiger partial charge is 0.462 e. The SMILES string of the molecule is CCCCCCCCCC/C=C\CCCCCCCCCCCCCCCCCCCCCCCCCC(=O)OC(COC(=O)CCCCCCCCCCCCCCCCCCCCCCCCCCCCCCCCCC)COP(=O)(O)OCC[N+](C)(C)C. The maximum atomic E-state index is 12.9. The van der Waals surface area contributed by atoms with Crippen LogP contribution < -0.4 is 0 Å². The van der Waals surface area contributed by atoms with E-state index in [4.69, 9.17) is 18.5 Å². The van der Waals surface area contributed by atoms with Gasteiger partial charge in [-0.05, 0) is 38.5 Å². The van der Waals surface area contributed by atoms with Crippen LogP contribution in [0.1, 0.15) is 444 Å². The van der Waals surface area contributed by atoms with Crippen LogP contribution in [-0.2, 0) is 32.7 Å². The molecule has 0 bridgehead atoms. The summed E-state index contributed by atoms with van der Waals surface area (Å²) in [4.78, 5) is 36.0. The first-order chi connectivity index (χ1) is 44.5. The molecular weight excluding hydrogens is 1150 g/mol. The van der Waals surface area contributed by atoms with Crippen LogP contribution in [-0.4, -0.2) is 74.9 Å². The molecule has 9 nitrogen and oxygen atoms in total. The van der Waals surface area contributed by atoms with Crippen LogP contribution in [0, 0.1) is 0 Å². The van der Waals surface area contributed by atoms with Crippen molar-refractivity contribution < 1.29 is 42.1 Å². The predicted molar refractivity (Wildman–Crippen MR) is 395 cm³/mol. The van der Waals surface area contributed by atoms with Crippen molar-refractivity contribution in [1.82, 2.24) is 0 Å². The van der Waals surface area contributed by atoms with Gasteiger partial charge in [0.2, 0.25) is 0 Å². The van der Waals surface area contributed by atoms with E-state index >= 15 is 0 Å². The molecule has 10 heteroatoms. The Hall–Kier alpha value is -1.25. The number of likely N-dealkylation sites (N-methyl/N-ethyl adjacent to an activating group) is 1. The molecule has 0 fully saturated rings. The minimum Gasteiger partial charge on any atom is -0.462 e. The van der Waals surface area contributed by atoms with Gasteiger partial charge in [0, 0.05) is 12.8 Å². The number of esters is 2. The number of nitrogens with zero attached hydrogens (tertiary/aromatic N) is 1. The number of quaternary nitrogens is 1. The largest absolute Gasteiger partial charge is 0.472 e. The minimum atomic E-state index is -4.39. The summed E-state index contributed by atoms with van der Waals surface area (Å²) in [7, 11) is 1.51. The van der Waals surface area contributed by atoms with Crippen LogP contribution in [0.5, 0.6) is 0 Å². The number of carbonyl (C=O) groups is 2. The molecule has 91 heavy (non-hydrogen) atoms. The van der Waals surface area contributed by atoms with Crippen LogP contribution in [0.2, 0.25) is 0 Å². The molecule has 542 valence electrons. The van der Waals surface area contributed by atoms with Crippen LogP contribution in [0.25, 0.3) is 0 Å². The number of phosphoric acid groups is 1. The van der Waals surface area contributed by atoms with Gasteiger partial charge in [0.25, 0.3) is 0 Å². The Balaban J connectivity index is 3.88. The van der Waals surface area contributed by atoms with Gasteiger partial charge in [0.1, 0.15) is 19.8 Å². The lowest BCUT2D eigenvalue weighted by Crippen LogP contribution is -2.37. The number of unbranched alkanes of at least 4 members (excludes halogenated alkanes) is 62. The van der Waals surface area contributed by atoms with Crippen molar-refractivity contribution in [2.75, 3.05) is 47.5 Å². The minimum absolute atomic E-state index is 0.0371. The third-order valence-corrected chi connectivity index (χ3v) is 20.0. The monoisotopic (exact) mass is 1310 g/mol. The summed E-state index contributed by atoms with van der Waals surface area (Å²) >= 11 is 0. The molecular formula is C81H161NO8P+. The molecule has 0 aromatic heterocycles. The van der Waals surface area contributed by atoms with E-state index in [0.717, 1.165) is 38.5 Å². The molecule has 0 saturated carbocycles. The molecule has 1 N–H and O–H groups in total. The highest BCUT2D eigenvalue weighted by Crippen LogP contribution is 2.43. The van der Waals surface area contributed by atoms with E-state index in [0.29, 0.717) is 17.4 Å². The van der Waals surface area contributed by atoms with Crippen LogP contribution in [0.4, 0.5) is 0 Å². The van der Waals surface area contributed by atoms with Crippen LogP contribution in [0.3, 0.4) is 0 Å². The number of rotatable bonds is 78. The average Bonchev–Trinajstić information content (AvgIpc) is 3.73. The van der Waals surface area contributed by atoms with E-state index in [2.05, 4.69) is 26.0 Å². The summed E-state index contributed by atoms with van der Waals surface area (Å²) in [6.07, 6.45) is 92.4. The lowest BCUT2D eigenvalue weighted by molar-refractivity contribution is -0.870.